The summed E-state index contributed by atoms with van der Waals surface area (Å²) in [6, 6.07) is 6.80. The quantitative estimate of drug-likeness (QED) is 0.848. The second-order valence-electron chi connectivity index (χ2n) is 5.21. The molecular weight excluding hydrogens is 224 g/mol. The molecule has 0 aliphatic carbocycles. The van der Waals surface area contributed by atoms with Gasteiger partial charge in [-0.25, -0.2) is 4.98 Å². The number of hydrogen-bond donors (Lipinski definition) is 1. The fraction of sp³-hybridized carbons (Fsp3) is 0.643. The van der Waals surface area contributed by atoms with Crippen molar-refractivity contribution in [1.29, 1.82) is 0 Å². The highest BCUT2D eigenvalue weighted by Crippen LogP contribution is 2.16. The zero-order chi connectivity index (χ0) is 12.8. The van der Waals surface area contributed by atoms with Crippen LogP contribution in [0.25, 0.3) is 0 Å². The summed E-state index contributed by atoms with van der Waals surface area (Å²) in [5.74, 6) is 1.12. The van der Waals surface area contributed by atoms with Crippen molar-refractivity contribution in [3.8, 4) is 0 Å². The summed E-state index contributed by atoms with van der Waals surface area (Å²) in [4.78, 5) is 9.01. The Morgan fingerprint density at radius 1 is 1.33 bits per heavy atom. The highest BCUT2D eigenvalue weighted by atomic mass is 15.2. The lowest BCUT2D eigenvalue weighted by molar-refractivity contribution is 0.358. The Bertz CT molecular complexity index is 331. The molecular formula is C14H24N4. The van der Waals surface area contributed by atoms with Crippen LogP contribution in [-0.2, 0) is 0 Å². The average molecular weight is 248 g/mol. The highest BCUT2D eigenvalue weighted by Gasteiger charge is 2.19. The maximum absolute atomic E-state index is 4.41. The molecule has 4 nitrogen and oxygen atoms in total. The molecule has 0 radical (unpaired) electrons. The maximum atomic E-state index is 4.41. The molecule has 0 saturated carbocycles. The smallest absolute Gasteiger partial charge is 0.128 e. The van der Waals surface area contributed by atoms with Gasteiger partial charge in [-0.05, 0) is 39.1 Å². The SMILES string of the molecule is CN(C)CCNC1CCN(c2ccccn2)CC1. The Balaban J connectivity index is 1.71. The molecule has 2 heterocycles. The standard InChI is InChI=1S/C14H24N4/c1-17(2)12-9-15-13-6-10-18(11-7-13)14-5-3-4-8-16-14/h3-5,8,13,15H,6-7,9-12H2,1-2H3. The molecule has 0 bridgehead atoms. The number of nitrogens with zero attached hydrogens (tertiary/aromatic N) is 3. The number of likely N-dealkylation sites (N-methyl/N-ethyl adjacent to an activating group) is 1. The van der Waals surface area contributed by atoms with Crippen LogP contribution in [0.2, 0.25) is 0 Å². The van der Waals surface area contributed by atoms with E-state index in [1.165, 1.54) is 12.8 Å². The van der Waals surface area contributed by atoms with Gasteiger partial charge in [0.05, 0.1) is 0 Å². The zero-order valence-corrected chi connectivity index (χ0v) is 11.5. The molecule has 18 heavy (non-hydrogen) atoms. The predicted molar refractivity (Wildman–Crippen MR) is 76.0 cm³/mol. The van der Waals surface area contributed by atoms with Crippen molar-refractivity contribution < 1.29 is 0 Å². The third-order valence-electron chi connectivity index (χ3n) is 3.46. The molecule has 1 aromatic rings. The minimum atomic E-state index is 0.671. The van der Waals surface area contributed by atoms with Crippen molar-refractivity contribution >= 4 is 5.82 Å². The average Bonchev–Trinajstić information content (AvgIpc) is 2.40. The van der Waals surface area contributed by atoms with Gasteiger partial charge in [0.25, 0.3) is 0 Å². The maximum Gasteiger partial charge on any atom is 0.128 e. The van der Waals surface area contributed by atoms with E-state index in [2.05, 4.69) is 46.3 Å². The fourth-order valence-corrected chi connectivity index (χ4v) is 2.35. The molecule has 1 N–H and O–H groups in total. The largest absolute Gasteiger partial charge is 0.357 e. The van der Waals surface area contributed by atoms with Crippen LogP contribution < -0.4 is 10.2 Å². The van der Waals surface area contributed by atoms with Gasteiger partial charge in [0.15, 0.2) is 0 Å². The number of nitrogens with one attached hydrogen (secondary N) is 1. The summed E-state index contributed by atoms with van der Waals surface area (Å²) in [5.41, 5.74) is 0. The van der Waals surface area contributed by atoms with Crippen LogP contribution in [0, 0.1) is 0 Å². The van der Waals surface area contributed by atoms with E-state index in [9.17, 15) is 0 Å². The summed E-state index contributed by atoms with van der Waals surface area (Å²) in [7, 11) is 4.23. The minimum Gasteiger partial charge on any atom is -0.357 e. The van der Waals surface area contributed by atoms with E-state index in [4.69, 9.17) is 0 Å². The van der Waals surface area contributed by atoms with Crippen LogP contribution in [0.1, 0.15) is 12.8 Å². The van der Waals surface area contributed by atoms with E-state index in [1.807, 2.05) is 12.3 Å². The third kappa shape index (κ3) is 3.96. The summed E-state index contributed by atoms with van der Waals surface area (Å²) >= 11 is 0. The lowest BCUT2D eigenvalue weighted by atomic mass is 10.1. The van der Waals surface area contributed by atoms with E-state index in [0.29, 0.717) is 6.04 Å². The Morgan fingerprint density at radius 3 is 2.72 bits per heavy atom. The Morgan fingerprint density at radius 2 is 2.11 bits per heavy atom. The summed E-state index contributed by atoms with van der Waals surface area (Å²) in [5, 5.41) is 3.64. The normalized spacial score (nSPS) is 17.4. The topological polar surface area (TPSA) is 31.4 Å². The second-order valence-corrected chi connectivity index (χ2v) is 5.21. The zero-order valence-electron chi connectivity index (χ0n) is 11.5. The molecule has 1 aliphatic heterocycles. The summed E-state index contributed by atoms with van der Waals surface area (Å²) in [6.07, 6.45) is 4.30. The molecule has 1 aromatic heterocycles. The van der Waals surface area contributed by atoms with Gasteiger partial charge in [-0.3, -0.25) is 0 Å². The van der Waals surface area contributed by atoms with Crippen molar-refractivity contribution in [1.82, 2.24) is 15.2 Å². The first-order valence-corrected chi connectivity index (χ1v) is 6.80. The van der Waals surface area contributed by atoms with Crippen molar-refractivity contribution in [3.05, 3.63) is 24.4 Å². The van der Waals surface area contributed by atoms with Gasteiger partial charge in [0, 0.05) is 38.4 Å². The van der Waals surface area contributed by atoms with Crippen LogP contribution in [0.15, 0.2) is 24.4 Å². The molecule has 1 aliphatic rings. The van der Waals surface area contributed by atoms with Gasteiger partial charge in [-0.2, -0.15) is 0 Å². The predicted octanol–water partition coefficient (Wildman–Crippen LogP) is 1.20. The number of piperidine rings is 1. The summed E-state index contributed by atoms with van der Waals surface area (Å²) in [6.45, 7) is 4.41. The Hall–Kier alpha value is -1.13. The van der Waals surface area contributed by atoms with Gasteiger partial charge in [-0.15, -0.1) is 0 Å². The highest BCUT2D eigenvalue weighted by molar-refractivity contribution is 5.38. The monoisotopic (exact) mass is 248 g/mol. The number of rotatable bonds is 5. The first-order chi connectivity index (χ1) is 8.75. The number of hydrogen-bond acceptors (Lipinski definition) is 4. The van der Waals surface area contributed by atoms with Crippen LogP contribution in [0.3, 0.4) is 0 Å². The summed E-state index contributed by atoms with van der Waals surface area (Å²) < 4.78 is 0. The van der Waals surface area contributed by atoms with E-state index < -0.39 is 0 Å². The molecule has 0 unspecified atom stereocenters. The van der Waals surface area contributed by atoms with Crippen molar-refractivity contribution in [3.63, 3.8) is 0 Å². The number of anilines is 1. The van der Waals surface area contributed by atoms with Crippen LogP contribution in [0.4, 0.5) is 5.82 Å². The van der Waals surface area contributed by atoms with Crippen LogP contribution in [-0.4, -0.2) is 56.2 Å². The molecule has 0 spiro atoms. The van der Waals surface area contributed by atoms with Crippen molar-refractivity contribution in [2.45, 2.75) is 18.9 Å². The molecule has 0 atom stereocenters. The van der Waals surface area contributed by atoms with Gasteiger partial charge in [0.1, 0.15) is 5.82 Å². The van der Waals surface area contributed by atoms with Crippen molar-refractivity contribution in [2.75, 3.05) is 45.2 Å². The first-order valence-electron chi connectivity index (χ1n) is 6.80. The lowest BCUT2D eigenvalue weighted by Gasteiger charge is -2.33. The molecule has 1 fully saturated rings. The Kier molecular flexibility index (Phi) is 4.96. The Labute approximate surface area is 110 Å². The van der Waals surface area contributed by atoms with Gasteiger partial charge in [-0.1, -0.05) is 6.07 Å². The molecule has 0 aromatic carbocycles. The van der Waals surface area contributed by atoms with E-state index in [-0.39, 0.29) is 0 Å². The molecule has 1 saturated heterocycles. The molecule has 100 valence electrons. The molecule has 2 rings (SSSR count). The van der Waals surface area contributed by atoms with Gasteiger partial charge in [0.2, 0.25) is 0 Å². The van der Waals surface area contributed by atoms with Crippen LogP contribution in [0.5, 0.6) is 0 Å². The first kappa shape index (κ1) is 13.3. The van der Waals surface area contributed by atoms with E-state index >= 15 is 0 Å². The number of pyridine rings is 1. The molecule has 0 amide bonds. The van der Waals surface area contributed by atoms with Crippen molar-refractivity contribution in [2.24, 2.45) is 0 Å². The minimum absolute atomic E-state index is 0.671. The van der Waals surface area contributed by atoms with Gasteiger partial charge >= 0.3 is 0 Å². The van der Waals surface area contributed by atoms with E-state index in [1.54, 1.807) is 0 Å². The fourth-order valence-electron chi connectivity index (χ4n) is 2.35. The lowest BCUT2D eigenvalue weighted by Crippen LogP contribution is -2.44. The molecule has 4 heteroatoms. The van der Waals surface area contributed by atoms with E-state index in [0.717, 1.165) is 32.0 Å². The number of aromatic nitrogens is 1. The third-order valence-corrected chi connectivity index (χ3v) is 3.46. The van der Waals surface area contributed by atoms with Gasteiger partial charge < -0.3 is 15.1 Å². The van der Waals surface area contributed by atoms with Crippen LogP contribution >= 0.6 is 0 Å². The second kappa shape index (κ2) is 6.71.